The van der Waals surface area contributed by atoms with Crippen molar-refractivity contribution in [3.63, 3.8) is 0 Å². The van der Waals surface area contributed by atoms with Crippen LogP contribution in [0.4, 0.5) is 0 Å². The minimum atomic E-state index is -0.195. The van der Waals surface area contributed by atoms with E-state index in [0.29, 0.717) is 17.3 Å². The van der Waals surface area contributed by atoms with E-state index >= 15 is 0 Å². The van der Waals surface area contributed by atoms with E-state index in [2.05, 4.69) is 10.3 Å². The van der Waals surface area contributed by atoms with Crippen LogP contribution in [0.2, 0.25) is 0 Å². The van der Waals surface area contributed by atoms with Crippen LogP contribution in [0.1, 0.15) is 24.2 Å². The lowest BCUT2D eigenvalue weighted by Crippen LogP contribution is -2.37. The molecular weight excluding hydrogens is 240 g/mol. The number of aromatic nitrogens is 1. The maximum Gasteiger partial charge on any atom is 0.256 e. The number of methoxy groups -OCH3 is 1. The first-order valence-electron chi connectivity index (χ1n) is 5.46. The zero-order valence-electron chi connectivity index (χ0n) is 10.2. The van der Waals surface area contributed by atoms with Crippen molar-refractivity contribution in [1.29, 1.82) is 0 Å². The minimum absolute atomic E-state index is 0.00455. The van der Waals surface area contributed by atoms with Crippen LogP contribution >= 0.6 is 11.6 Å². The predicted octanol–water partition coefficient (Wildman–Crippen LogP) is 2.08. The van der Waals surface area contributed by atoms with Crippen LogP contribution in [0.3, 0.4) is 0 Å². The Bertz CT molecular complexity index is 385. The second kappa shape index (κ2) is 6.45. The molecule has 0 aliphatic rings. The van der Waals surface area contributed by atoms with Gasteiger partial charge in [-0.05, 0) is 25.0 Å². The second-order valence-corrected chi connectivity index (χ2v) is 4.26. The Balaban J connectivity index is 2.76. The van der Waals surface area contributed by atoms with Gasteiger partial charge in [-0.25, -0.2) is 4.98 Å². The van der Waals surface area contributed by atoms with Gasteiger partial charge in [0.2, 0.25) is 5.88 Å². The van der Waals surface area contributed by atoms with Crippen LogP contribution in [0.15, 0.2) is 18.3 Å². The highest BCUT2D eigenvalue weighted by atomic mass is 35.5. The molecule has 0 aliphatic carbocycles. The van der Waals surface area contributed by atoms with Crippen molar-refractivity contribution in [2.75, 3.05) is 13.0 Å². The summed E-state index contributed by atoms with van der Waals surface area (Å²) in [6.45, 7) is 3.91. The van der Waals surface area contributed by atoms with E-state index in [4.69, 9.17) is 16.3 Å². The Morgan fingerprint density at radius 1 is 1.59 bits per heavy atom. The van der Waals surface area contributed by atoms with Crippen molar-refractivity contribution in [1.82, 2.24) is 10.3 Å². The average Bonchev–Trinajstić information content (AvgIpc) is 2.37. The Hall–Kier alpha value is -1.29. The molecule has 1 rings (SSSR count). The fraction of sp³-hybridized carbons (Fsp3) is 0.500. The topological polar surface area (TPSA) is 51.2 Å². The smallest absolute Gasteiger partial charge is 0.256 e. The van der Waals surface area contributed by atoms with Crippen molar-refractivity contribution < 1.29 is 9.53 Å². The van der Waals surface area contributed by atoms with Crippen LogP contribution < -0.4 is 10.1 Å². The molecule has 2 atom stereocenters. The number of rotatable bonds is 5. The summed E-state index contributed by atoms with van der Waals surface area (Å²) in [5, 5.41) is 2.88. The Kier molecular flexibility index (Phi) is 5.22. The average molecular weight is 257 g/mol. The standard InChI is InChI=1S/C12H17ClN2O2/c1-8(7-13)9(2)15-11(16)10-5-4-6-14-12(10)17-3/h4-6,8-9H,7H2,1-3H3,(H,15,16). The van der Waals surface area contributed by atoms with E-state index in [1.54, 1.807) is 18.3 Å². The number of alkyl halides is 1. The summed E-state index contributed by atoms with van der Waals surface area (Å²) in [4.78, 5) is 16.0. The van der Waals surface area contributed by atoms with Crippen LogP contribution in [-0.2, 0) is 0 Å². The fourth-order valence-electron chi connectivity index (χ4n) is 1.29. The molecule has 1 amide bonds. The molecule has 0 fully saturated rings. The van der Waals surface area contributed by atoms with Crippen molar-refractivity contribution >= 4 is 17.5 Å². The zero-order chi connectivity index (χ0) is 12.8. The number of hydrogen-bond acceptors (Lipinski definition) is 3. The molecule has 0 aliphatic heterocycles. The molecule has 1 heterocycles. The van der Waals surface area contributed by atoms with Crippen LogP contribution in [0, 0.1) is 5.92 Å². The molecule has 1 N–H and O–H groups in total. The molecule has 5 heteroatoms. The van der Waals surface area contributed by atoms with E-state index < -0.39 is 0 Å². The van der Waals surface area contributed by atoms with Crippen molar-refractivity contribution in [2.45, 2.75) is 19.9 Å². The van der Waals surface area contributed by atoms with Gasteiger partial charge in [0, 0.05) is 18.1 Å². The van der Waals surface area contributed by atoms with Gasteiger partial charge >= 0.3 is 0 Å². The second-order valence-electron chi connectivity index (χ2n) is 3.95. The number of halogens is 1. The zero-order valence-corrected chi connectivity index (χ0v) is 11.0. The maximum atomic E-state index is 12.0. The lowest BCUT2D eigenvalue weighted by Gasteiger charge is -2.19. The van der Waals surface area contributed by atoms with Gasteiger partial charge in [0.15, 0.2) is 0 Å². The molecule has 0 saturated carbocycles. The van der Waals surface area contributed by atoms with Gasteiger partial charge in [-0.2, -0.15) is 0 Å². The summed E-state index contributed by atoms with van der Waals surface area (Å²) in [6.07, 6.45) is 1.58. The van der Waals surface area contributed by atoms with E-state index in [1.807, 2.05) is 13.8 Å². The number of amides is 1. The predicted molar refractivity (Wildman–Crippen MR) is 67.6 cm³/mol. The van der Waals surface area contributed by atoms with Crippen molar-refractivity contribution in [2.24, 2.45) is 5.92 Å². The Morgan fingerprint density at radius 2 is 2.29 bits per heavy atom. The van der Waals surface area contributed by atoms with Crippen molar-refractivity contribution in [3.8, 4) is 5.88 Å². The number of pyridine rings is 1. The SMILES string of the molecule is COc1ncccc1C(=O)NC(C)C(C)CCl. The first kappa shape index (κ1) is 13.8. The number of nitrogens with one attached hydrogen (secondary N) is 1. The highest BCUT2D eigenvalue weighted by Gasteiger charge is 2.18. The maximum absolute atomic E-state index is 12.0. The third-order valence-electron chi connectivity index (χ3n) is 2.66. The normalized spacial score (nSPS) is 13.9. The molecule has 0 bridgehead atoms. The molecule has 0 saturated heterocycles. The van der Waals surface area contributed by atoms with Gasteiger partial charge in [0.25, 0.3) is 5.91 Å². The molecular formula is C12H17ClN2O2. The largest absolute Gasteiger partial charge is 0.480 e. The van der Waals surface area contributed by atoms with Gasteiger partial charge in [0.05, 0.1) is 7.11 Å². The lowest BCUT2D eigenvalue weighted by molar-refractivity contribution is 0.0927. The van der Waals surface area contributed by atoms with E-state index in [9.17, 15) is 4.79 Å². The number of carbonyl (C=O) groups excluding carboxylic acids is 1. The molecule has 0 radical (unpaired) electrons. The number of nitrogens with zero attached hydrogens (tertiary/aromatic N) is 1. The summed E-state index contributed by atoms with van der Waals surface area (Å²) in [5.74, 6) is 0.851. The van der Waals surface area contributed by atoms with Crippen LogP contribution in [-0.4, -0.2) is 29.9 Å². The Morgan fingerprint density at radius 3 is 2.88 bits per heavy atom. The highest BCUT2D eigenvalue weighted by molar-refractivity contribution is 6.18. The molecule has 0 aromatic carbocycles. The molecule has 4 nitrogen and oxygen atoms in total. The highest BCUT2D eigenvalue weighted by Crippen LogP contribution is 2.14. The van der Waals surface area contributed by atoms with E-state index in [0.717, 1.165) is 0 Å². The first-order valence-corrected chi connectivity index (χ1v) is 5.99. The summed E-state index contributed by atoms with van der Waals surface area (Å²) in [5.41, 5.74) is 0.434. The van der Waals surface area contributed by atoms with Crippen molar-refractivity contribution in [3.05, 3.63) is 23.9 Å². The molecule has 2 unspecified atom stereocenters. The molecule has 0 spiro atoms. The van der Waals surface area contributed by atoms with Crippen LogP contribution in [0.5, 0.6) is 5.88 Å². The Labute approximate surface area is 106 Å². The van der Waals surface area contributed by atoms with Gasteiger partial charge < -0.3 is 10.1 Å². The summed E-state index contributed by atoms with van der Waals surface area (Å²) >= 11 is 5.75. The number of ether oxygens (including phenoxy) is 1. The number of hydrogen-bond donors (Lipinski definition) is 1. The fourth-order valence-corrected chi connectivity index (χ4v) is 1.55. The van der Waals surface area contributed by atoms with E-state index in [1.165, 1.54) is 7.11 Å². The van der Waals surface area contributed by atoms with Crippen LogP contribution in [0.25, 0.3) is 0 Å². The summed E-state index contributed by atoms with van der Waals surface area (Å²) in [6, 6.07) is 3.39. The molecule has 1 aromatic heterocycles. The van der Waals surface area contributed by atoms with Gasteiger partial charge in [-0.15, -0.1) is 11.6 Å². The number of carbonyl (C=O) groups is 1. The summed E-state index contributed by atoms with van der Waals surface area (Å²) in [7, 11) is 1.49. The quantitative estimate of drug-likeness (QED) is 0.821. The van der Waals surface area contributed by atoms with Gasteiger partial charge in [-0.3, -0.25) is 4.79 Å². The van der Waals surface area contributed by atoms with E-state index in [-0.39, 0.29) is 17.9 Å². The van der Waals surface area contributed by atoms with Gasteiger partial charge in [-0.1, -0.05) is 6.92 Å². The van der Waals surface area contributed by atoms with Gasteiger partial charge in [0.1, 0.15) is 5.56 Å². The molecule has 17 heavy (non-hydrogen) atoms. The molecule has 1 aromatic rings. The monoisotopic (exact) mass is 256 g/mol. The third kappa shape index (κ3) is 3.60. The minimum Gasteiger partial charge on any atom is -0.480 e. The lowest BCUT2D eigenvalue weighted by atomic mass is 10.1. The first-order chi connectivity index (χ1) is 8.10. The third-order valence-corrected chi connectivity index (χ3v) is 3.15. The summed E-state index contributed by atoms with van der Waals surface area (Å²) < 4.78 is 5.04. The molecule has 94 valence electrons.